The van der Waals surface area contributed by atoms with Crippen molar-refractivity contribution in [3.8, 4) is 0 Å². The van der Waals surface area contributed by atoms with Crippen LogP contribution in [0.3, 0.4) is 0 Å². The number of nitrogens with one attached hydrogen (secondary N) is 1. The molecule has 2 aliphatic heterocycles. The first-order valence-electron chi connectivity index (χ1n) is 10.4. The van der Waals surface area contributed by atoms with Crippen LogP contribution in [0.5, 0.6) is 0 Å². The first-order valence-corrected chi connectivity index (χ1v) is 10.4. The Kier molecular flexibility index (Phi) is 6.20. The smallest absolute Gasteiger partial charge is 0.245 e. The second-order valence-corrected chi connectivity index (χ2v) is 8.30. The van der Waals surface area contributed by atoms with Crippen LogP contribution in [-0.4, -0.2) is 59.2 Å². The monoisotopic (exact) mass is 363 g/mol. The summed E-state index contributed by atoms with van der Waals surface area (Å²) in [4.78, 5) is 41.0. The van der Waals surface area contributed by atoms with Crippen molar-refractivity contribution in [3.05, 3.63) is 0 Å². The van der Waals surface area contributed by atoms with Crippen LogP contribution in [0.25, 0.3) is 0 Å². The number of carbonyl (C=O) groups is 3. The lowest BCUT2D eigenvalue weighted by Crippen LogP contribution is -2.60. The Morgan fingerprint density at radius 2 is 1.81 bits per heavy atom. The Morgan fingerprint density at radius 1 is 1.08 bits per heavy atom. The van der Waals surface area contributed by atoms with Crippen LogP contribution in [0.2, 0.25) is 0 Å². The predicted octanol–water partition coefficient (Wildman–Crippen LogP) is 1.93. The van der Waals surface area contributed by atoms with E-state index in [1.807, 2.05) is 16.7 Å². The van der Waals surface area contributed by atoms with Crippen molar-refractivity contribution in [3.63, 3.8) is 0 Å². The van der Waals surface area contributed by atoms with Gasteiger partial charge in [0.25, 0.3) is 0 Å². The minimum atomic E-state index is -0.384. The highest BCUT2D eigenvalue weighted by Gasteiger charge is 2.37. The van der Waals surface area contributed by atoms with Gasteiger partial charge in [0.2, 0.25) is 17.7 Å². The molecule has 1 aliphatic carbocycles. The highest BCUT2D eigenvalue weighted by atomic mass is 16.2. The number of piperazine rings is 1. The summed E-state index contributed by atoms with van der Waals surface area (Å²) in [6, 6.07) is -0.378. The molecule has 3 fully saturated rings. The summed E-state index contributed by atoms with van der Waals surface area (Å²) in [6.07, 6.45) is 7.59. The van der Waals surface area contributed by atoms with Crippen molar-refractivity contribution < 1.29 is 14.4 Å². The average molecular weight is 364 g/mol. The van der Waals surface area contributed by atoms with Gasteiger partial charge >= 0.3 is 0 Å². The molecule has 6 nitrogen and oxygen atoms in total. The fraction of sp³-hybridized carbons (Fsp3) is 0.850. The van der Waals surface area contributed by atoms with Crippen molar-refractivity contribution >= 4 is 17.7 Å². The third-order valence-electron chi connectivity index (χ3n) is 6.53. The highest BCUT2D eigenvalue weighted by Crippen LogP contribution is 2.32. The lowest BCUT2D eigenvalue weighted by atomic mass is 9.80. The third kappa shape index (κ3) is 4.21. The van der Waals surface area contributed by atoms with Gasteiger partial charge in [-0.25, -0.2) is 0 Å². The maximum atomic E-state index is 12.9. The largest absolute Gasteiger partial charge is 0.344 e. The maximum absolute atomic E-state index is 12.9. The van der Waals surface area contributed by atoms with Gasteiger partial charge in [0, 0.05) is 38.0 Å². The van der Waals surface area contributed by atoms with Crippen molar-refractivity contribution in [2.45, 2.75) is 77.3 Å². The number of amides is 3. The molecule has 0 bridgehead atoms. The maximum Gasteiger partial charge on any atom is 0.245 e. The minimum absolute atomic E-state index is 0.00556. The Hall–Kier alpha value is -1.59. The summed E-state index contributed by atoms with van der Waals surface area (Å²) in [5, 5.41) is 2.82. The van der Waals surface area contributed by atoms with Gasteiger partial charge < -0.3 is 15.1 Å². The molecule has 0 radical (unpaired) electrons. The number of hydrogen-bond acceptors (Lipinski definition) is 3. The number of piperidine rings is 1. The topological polar surface area (TPSA) is 69.7 Å². The molecule has 0 aromatic rings. The molecule has 146 valence electrons. The van der Waals surface area contributed by atoms with Crippen molar-refractivity contribution in [2.24, 2.45) is 11.8 Å². The summed E-state index contributed by atoms with van der Waals surface area (Å²) in [5.74, 6) is 1.23. The summed E-state index contributed by atoms with van der Waals surface area (Å²) in [5.41, 5.74) is 0. The van der Waals surface area contributed by atoms with Crippen LogP contribution in [0.15, 0.2) is 0 Å². The normalized spacial score (nSPS) is 32.9. The van der Waals surface area contributed by atoms with Gasteiger partial charge in [-0.1, -0.05) is 13.3 Å². The van der Waals surface area contributed by atoms with E-state index >= 15 is 0 Å². The van der Waals surface area contributed by atoms with Crippen LogP contribution in [0.1, 0.15) is 65.2 Å². The molecule has 6 heteroatoms. The zero-order chi connectivity index (χ0) is 18.7. The third-order valence-corrected chi connectivity index (χ3v) is 6.53. The van der Waals surface area contributed by atoms with Crippen molar-refractivity contribution in [2.75, 3.05) is 19.6 Å². The molecule has 2 saturated heterocycles. The van der Waals surface area contributed by atoms with Crippen LogP contribution in [-0.2, 0) is 14.4 Å². The number of rotatable bonds is 3. The molecule has 0 spiro atoms. The summed E-state index contributed by atoms with van der Waals surface area (Å²) in [6.45, 7) is 6.04. The minimum Gasteiger partial charge on any atom is -0.344 e. The van der Waals surface area contributed by atoms with E-state index in [9.17, 15) is 14.4 Å². The average Bonchev–Trinajstić information content (AvgIpc) is 2.67. The Bertz CT molecular complexity index is 542. The molecule has 0 aromatic carbocycles. The predicted molar refractivity (Wildman–Crippen MR) is 99.3 cm³/mol. The van der Waals surface area contributed by atoms with Crippen LogP contribution < -0.4 is 5.32 Å². The van der Waals surface area contributed by atoms with Crippen LogP contribution >= 0.6 is 0 Å². The van der Waals surface area contributed by atoms with E-state index in [1.54, 1.807) is 0 Å². The molecular formula is C20H33N3O3. The van der Waals surface area contributed by atoms with Crippen molar-refractivity contribution in [1.82, 2.24) is 15.1 Å². The summed E-state index contributed by atoms with van der Waals surface area (Å²) < 4.78 is 0. The SMILES string of the molecule is CCC1CCC(C(=O)N2CCN(C(=O)[C@H]3CCCC(=O)N3)[C@H](C)C2)CC1. The van der Waals surface area contributed by atoms with Gasteiger partial charge in [-0.2, -0.15) is 0 Å². The van der Waals surface area contributed by atoms with E-state index < -0.39 is 0 Å². The Balaban J connectivity index is 1.52. The molecule has 2 atom stereocenters. The molecular weight excluding hydrogens is 330 g/mol. The van der Waals surface area contributed by atoms with Crippen LogP contribution in [0.4, 0.5) is 0 Å². The zero-order valence-corrected chi connectivity index (χ0v) is 16.2. The van der Waals surface area contributed by atoms with E-state index in [0.29, 0.717) is 26.1 Å². The fourth-order valence-electron chi connectivity index (χ4n) is 4.75. The fourth-order valence-corrected chi connectivity index (χ4v) is 4.75. The number of nitrogens with zero attached hydrogens (tertiary/aromatic N) is 2. The van der Waals surface area contributed by atoms with Gasteiger partial charge in [0.05, 0.1) is 0 Å². The van der Waals surface area contributed by atoms with Gasteiger partial charge in [-0.15, -0.1) is 0 Å². The van der Waals surface area contributed by atoms with E-state index in [-0.39, 0.29) is 35.7 Å². The second-order valence-electron chi connectivity index (χ2n) is 8.30. The van der Waals surface area contributed by atoms with Gasteiger partial charge in [-0.3, -0.25) is 14.4 Å². The quantitative estimate of drug-likeness (QED) is 0.833. The van der Waals surface area contributed by atoms with Gasteiger partial charge in [0.15, 0.2) is 0 Å². The highest BCUT2D eigenvalue weighted by molar-refractivity contribution is 5.89. The molecule has 2 heterocycles. The molecule has 3 rings (SSSR count). The molecule has 0 aromatic heterocycles. The lowest BCUT2D eigenvalue weighted by molar-refractivity contribution is -0.147. The molecule has 1 N–H and O–H groups in total. The summed E-state index contributed by atoms with van der Waals surface area (Å²) in [7, 11) is 0. The molecule has 3 aliphatic rings. The number of hydrogen-bond donors (Lipinski definition) is 1. The number of carbonyl (C=O) groups excluding carboxylic acids is 3. The van der Waals surface area contributed by atoms with Crippen LogP contribution in [0, 0.1) is 11.8 Å². The van der Waals surface area contributed by atoms with Gasteiger partial charge in [-0.05, 0) is 51.4 Å². The Labute approximate surface area is 156 Å². The lowest BCUT2D eigenvalue weighted by Gasteiger charge is -2.43. The molecule has 26 heavy (non-hydrogen) atoms. The first-order chi connectivity index (χ1) is 12.5. The van der Waals surface area contributed by atoms with E-state index in [1.165, 1.54) is 19.3 Å². The van der Waals surface area contributed by atoms with Gasteiger partial charge in [0.1, 0.15) is 6.04 Å². The molecule has 3 amide bonds. The molecule has 0 unspecified atom stereocenters. The zero-order valence-electron chi connectivity index (χ0n) is 16.2. The van der Waals surface area contributed by atoms with E-state index in [2.05, 4.69) is 12.2 Å². The van der Waals surface area contributed by atoms with Crippen molar-refractivity contribution in [1.29, 1.82) is 0 Å². The van der Waals surface area contributed by atoms with E-state index in [4.69, 9.17) is 0 Å². The summed E-state index contributed by atoms with van der Waals surface area (Å²) >= 11 is 0. The second kappa shape index (κ2) is 8.40. The first kappa shape index (κ1) is 19.2. The van der Waals surface area contributed by atoms with E-state index in [0.717, 1.165) is 31.6 Å². The molecule has 1 saturated carbocycles. The Morgan fingerprint density at radius 3 is 2.42 bits per heavy atom. The standard InChI is InChI=1S/C20H33N3O3/c1-3-15-7-9-16(10-8-15)19(25)22-11-12-23(14(2)13-22)20(26)17-5-4-6-18(24)21-17/h14-17H,3-13H2,1-2H3,(H,21,24)/t14-,15?,16?,17-/m1/s1.